The van der Waals surface area contributed by atoms with Gasteiger partial charge in [0.15, 0.2) is 0 Å². The number of nitrogens with one attached hydrogen (secondary N) is 2. The van der Waals surface area contributed by atoms with Gasteiger partial charge >= 0.3 is 0 Å². The van der Waals surface area contributed by atoms with Gasteiger partial charge < -0.3 is 5.43 Å². The van der Waals surface area contributed by atoms with E-state index in [1.807, 2.05) is 24.3 Å². The summed E-state index contributed by atoms with van der Waals surface area (Å²) in [5.74, 6) is 0. The molecule has 2 N–H and O–H groups in total. The molecule has 0 bridgehead atoms. The lowest BCUT2D eigenvalue weighted by Gasteiger charge is -2.10. The molecule has 0 spiro atoms. The minimum atomic E-state index is 0.788. The fraction of sp³-hybridized carbons (Fsp3) is 0.0526. The van der Waals surface area contributed by atoms with Crippen LogP contribution in [0.1, 0.15) is 5.56 Å². The first-order valence-corrected chi connectivity index (χ1v) is 7.10. The van der Waals surface area contributed by atoms with Gasteiger partial charge in [0, 0.05) is 12.2 Å². The van der Waals surface area contributed by atoms with Gasteiger partial charge in [0.2, 0.25) is 0 Å². The third-order valence-corrected chi connectivity index (χ3v) is 3.34. The van der Waals surface area contributed by atoms with Crippen LogP contribution in [-0.4, -0.2) is 0 Å². The summed E-state index contributed by atoms with van der Waals surface area (Å²) >= 11 is 0. The summed E-state index contributed by atoms with van der Waals surface area (Å²) in [6, 6.07) is 29.1. The average molecular weight is 274 g/mol. The van der Waals surface area contributed by atoms with E-state index < -0.39 is 0 Å². The molecule has 0 saturated heterocycles. The Balaban J connectivity index is 1.64. The molecule has 0 heterocycles. The van der Waals surface area contributed by atoms with Crippen molar-refractivity contribution in [3.05, 3.63) is 90.5 Å². The van der Waals surface area contributed by atoms with Crippen LogP contribution in [0.2, 0.25) is 0 Å². The van der Waals surface area contributed by atoms with Gasteiger partial charge in [0.1, 0.15) is 0 Å². The summed E-state index contributed by atoms with van der Waals surface area (Å²) in [6.45, 7) is 0.788. The van der Waals surface area contributed by atoms with Crippen molar-refractivity contribution in [1.29, 1.82) is 0 Å². The Bertz CT molecular complexity index is 678. The lowest BCUT2D eigenvalue weighted by atomic mass is 10.1. The molecule has 3 aromatic carbocycles. The first-order valence-electron chi connectivity index (χ1n) is 7.10. The van der Waals surface area contributed by atoms with Crippen molar-refractivity contribution in [3.8, 4) is 11.1 Å². The third kappa shape index (κ3) is 3.71. The molecular formula is C19H18N2. The van der Waals surface area contributed by atoms with E-state index in [0.717, 1.165) is 12.2 Å². The van der Waals surface area contributed by atoms with Crippen LogP contribution in [0.5, 0.6) is 0 Å². The monoisotopic (exact) mass is 274 g/mol. The van der Waals surface area contributed by atoms with E-state index >= 15 is 0 Å². The molecule has 0 atom stereocenters. The summed E-state index contributed by atoms with van der Waals surface area (Å²) in [5, 5.41) is 0. The fourth-order valence-electron chi connectivity index (χ4n) is 2.25. The van der Waals surface area contributed by atoms with Crippen molar-refractivity contribution >= 4 is 5.69 Å². The van der Waals surface area contributed by atoms with Gasteiger partial charge in [-0.2, -0.15) is 0 Å². The lowest BCUT2D eigenvalue weighted by Crippen LogP contribution is -2.20. The van der Waals surface area contributed by atoms with Gasteiger partial charge in [-0.1, -0.05) is 72.8 Å². The first kappa shape index (κ1) is 13.4. The molecule has 0 unspecified atom stereocenters. The van der Waals surface area contributed by atoms with Crippen molar-refractivity contribution in [2.45, 2.75) is 6.54 Å². The number of hydrogen-bond donors (Lipinski definition) is 2. The van der Waals surface area contributed by atoms with E-state index in [2.05, 4.69) is 71.5 Å². The van der Waals surface area contributed by atoms with Crippen LogP contribution in [-0.2, 0) is 6.54 Å². The van der Waals surface area contributed by atoms with E-state index in [0.29, 0.717) is 0 Å². The zero-order chi connectivity index (χ0) is 14.3. The SMILES string of the molecule is c1ccc(CNNc2cccc(-c3ccccc3)c2)cc1. The Morgan fingerprint density at radius 1 is 0.619 bits per heavy atom. The summed E-state index contributed by atoms with van der Waals surface area (Å²) in [5.41, 5.74) is 11.3. The van der Waals surface area contributed by atoms with E-state index in [1.165, 1.54) is 16.7 Å². The molecule has 0 aliphatic rings. The quantitative estimate of drug-likeness (QED) is 0.671. The van der Waals surface area contributed by atoms with E-state index in [-0.39, 0.29) is 0 Å². The average Bonchev–Trinajstić information content (AvgIpc) is 2.57. The maximum Gasteiger partial charge on any atom is 0.0493 e. The predicted molar refractivity (Wildman–Crippen MR) is 88.8 cm³/mol. The molecule has 0 aromatic heterocycles. The van der Waals surface area contributed by atoms with Gasteiger partial charge in [-0.15, -0.1) is 0 Å². The Hall–Kier alpha value is -2.58. The van der Waals surface area contributed by atoms with Crippen molar-refractivity contribution in [2.75, 3.05) is 5.43 Å². The van der Waals surface area contributed by atoms with Crippen molar-refractivity contribution < 1.29 is 0 Å². The molecule has 104 valence electrons. The summed E-state index contributed by atoms with van der Waals surface area (Å²) in [6.07, 6.45) is 0. The Morgan fingerprint density at radius 3 is 2.05 bits per heavy atom. The summed E-state index contributed by atoms with van der Waals surface area (Å²) < 4.78 is 0. The second-order valence-corrected chi connectivity index (χ2v) is 4.91. The Labute approximate surface area is 125 Å². The van der Waals surface area contributed by atoms with Gasteiger partial charge in [-0.05, 0) is 28.8 Å². The molecule has 0 fully saturated rings. The summed E-state index contributed by atoms with van der Waals surface area (Å²) in [7, 11) is 0. The highest BCUT2D eigenvalue weighted by molar-refractivity contribution is 5.67. The smallest absolute Gasteiger partial charge is 0.0493 e. The molecule has 0 saturated carbocycles. The van der Waals surface area contributed by atoms with Crippen LogP contribution >= 0.6 is 0 Å². The Morgan fingerprint density at radius 2 is 1.29 bits per heavy atom. The maximum atomic E-state index is 3.25. The van der Waals surface area contributed by atoms with Crippen molar-refractivity contribution in [3.63, 3.8) is 0 Å². The molecule has 0 aliphatic heterocycles. The fourth-order valence-corrected chi connectivity index (χ4v) is 2.25. The number of hydrazine groups is 1. The molecule has 2 nitrogen and oxygen atoms in total. The number of anilines is 1. The van der Waals surface area contributed by atoms with Crippen LogP contribution in [0.25, 0.3) is 11.1 Å². The molecule has 0 amide bonds. The lowest BCUT2D eigenvalue weighted by molar-refractivity contribution is 0.801. The van der Waals surface area contributed by atoms with Crippen LogP contribution in [0, 0.1) is 0 Å². The molecular weight excluding hydrogens is 256 g/mol. The number of hydrogen-bond acceptors (Lipinski definition) is 2. The number of benzene rings is 3. The Kier molecular flexibility index (Phi) is 4.30. The highest BCUT2D eigenvalue weighted by Crippen LogP contribution is 2.21. The van der Waals surface area contributed by atoms with Gasteiger partial charge in [-0.25, -0.2) is 5.43 Å². The van der Waals surface area contributed by atoms with Gasteiger partial charge in [-0.3, -0.25) is 0 Å². The maximum absolute atomic E-state index is 3.25. The highest BCUT2D eigenvalue weighted by Gasteiger charge is 1.98. The molecule has 3 aromatic rings. The number of rotatable bonds is 5. The second kappa shape index (κ2) is 6.73. The topological polar surface area (TPSA) is 24.1 Å². The van der Waals surface area contributed by atoms with E-state index in [4.69, 9.17) is 0 Å². The minimum absolute atomic E-state index is 0.788. The third-order valence-electron chi connectivity index (χ3n) is 3.34. The molecule has 2 heteroatoms. The van der Waals surface area contributed by atoms with Crippen molar-refractivity contribution in [2.24, 2.45) is 0 Å². The molecule has 21 heavy (non-hydrogen) atoms. The van der Waals surface area contributed by atoms with Crippen LogP contribution in [0.15, 0.2) is 84.9 Å². The van der Waals surface area contributed by atoms with Gasteiger partial charge in [0.25, 0.3) is 0 Å². The van der Waals surface area contributed by atoms with Gasteiger partial charge in [0.05, 0.1) is 0 Å². The van der Waals surface area contributed by atoms with E-state index in [9.17, 15) is 0 Å². The largest absolute Gasteiger partial charge is 0.321 e. The predicted octanol–water partition coefficient (Wildman–Crippen LogP) is 4.47. The zero-order valence-corrected chi connectivity index (χ0v) is 11.8. The van der Waals surface area contributed by atoms with Crippen LogP contribution < -0.4 is 10.9 Å². The standard InChI is InChI=1S/C19H18N2/c1-3-8-16(9-4-1)15-20-21-19-13-7-12-18(14-19)17-10-5-2-6-11-17/h1-14,20-21H,15H2. The highest BCUT2D eigenvalue weighted by atomic mass is 15.3. The normalized spacial score (nSPS) is 10.3. The minimum Gasteiger partial charge on any atom is -0.321 e. The molecule has 3 rings (SSSR count). The first-order chi connectivity index (χ1) is 10.4. The van der Waals surface area contributed by atoms with Crippen LogP contribution in [0.4, 0.5) is 5.69 Å². The van der Waals surface area contributed by atoms with Crippen molar-refractivity contribution in [1.82, 2.24) is 5.43 Å². The second-order valence-electron chi connectivity index (χ2n) is 4.91. The van der Waals surface area contributed by atoms with Crippen LogP contribution in [0.3, 0.4) is 0 Å². The molecule has 0 aliphatic carbocycles. The van der Waals surface area contributed by atoms with E-state index in [1.54, 1.807) is 0 Å². The zero-order valence-electron chi connectivity index (χ0n) is 11.8. The summed E-state index contributed by atoms with van der Waals surface area (Å²) in [4.78, 5) is 0. The molecule has 0 radical (unpaired) electrons.